The summed E-state index contributed by atoms with van der Waals surface area (Å²) in [5, 5.41) is 0. The molecule has 2 nitrogen and oxygen atoms in total. The standard InChI is InChI=1S/C10H10F3NO/c1-6-9(15-7-2-3-7)8(4-5-14-6)10(11,12)13/h4-5,7H,2-3H2,1H3. The van der Waals surface area contributed by atoms with Crippen LogP contribution in [0.4, 0.5) is 13.2 Å². The molecule has 2 rings (SSSR count). The maximum absolute atomic E-state index is 12.6. The molecule has 1 saturated carbocycles. The van der Waals surface area contributed by atoms with Gasteiger partial charge in [0.2, 0.25) is 0 Å². The van der Waals surface area contributed by atoms with Gasteiger partial charge >= 0.3 is 6.18 Å². The van der Waals surface area contributed by atoms with Crippen LogP contribution in [-0.4, -0.2) is 11.1 Å². The minimum absolute atomic E-state index is 0.0611. The molecule has 0 N–H and O–H groups in total. The normalized spacial score (nSPS) is 16.5. The molecule has 0 spiro atoms. The summed E-state index contributed by atoms with van der Waals surface area (Å²) in [5.41, 5.74) is -0.446. The predicted molar refractivity (Wildman–Crippen MR) is 47.6 cm³/mol. The number of hydrogen-bond donors (Lipinski definition) is 0. The van der Waals surface area contributed by atoms with E-state index in [9.17, 15) is 13.2 Å². The maximum atomic E-state index is 12.6. The highest BCUT2D eigenvalue weighted by Crippen LogP contribution is 2.39. The molecule has 0 saturated heterocycles. The van der Waals surface area contributed by atoms with Gasteiger partial charge in [0.1, 0.15) is 5.56 Å². The fourth-order valence-corrected chi connectivity index (χ4v) is 1.28. The van der Waals surface area contributed by atoms with Crippen molar-refractivity contribution in [2.45, 2.75) is 32.0 Å². The first-order valence-electron chi connectivity index (χ1n) is 4.68. The largest absolute Gasteiger partial charge is 0.488 e. The highest BCUT2D eigenvalue weighted by Gasteiger charge is 2.37. The summed E-state index contributed by atoms with van der Waals surface area (Å²) in [7, 11) is 0. The van der Waals surface area contributed by atoms with E-state index in [0.29, 0.717) is 0 Å². The first kappa shape index (κ1) is 10.3. The SMILES string of the molecule is Cc1nccc(C(F)(F)F)c1OC1CC1. The van der Waals surface area contributed by atoms with Crippen molar-refractivity contribution in [1.29, 1.82) is 0 Å². The van der Waals surface area contributed by atoms with Gasteiger partial charge in [-0.05, 0) is 25.8 Å². The molecule has 0 amide bonds. The Morgan fingerprint density at radius 1 is 1.40 bits per heavy atom. The van der Waals surface area contributed by atoms with Gasteiger partial charge in [-0.15, -0.1) is 0 Å². The average molecular weight is 217 g/mol. The summed E-state index contributed by atoms with van der Waals surface area (Å²) in [6.45, 7) is 1.52. The van der Waals surface area contributed by atoms with E-state index in [2.05, 4.69) is 4.98 Å². The minimum atomic E-state index is -4.38. The molecule has 1 aliphatic rings. The van der Waals surface area contributed by atoms with E-state index in [1.54, 1.807) is 0 Å². The maximum Gasteiger partial charge on any atom is 0.420 e. The third-order valence-electron chi connectivity index (χ3n) is 2.20. The van der Waals surface area contributed by atoms with Gasteiger partial charge in [0.05, 0.1) is 11.8 Å². The molecule has 15 heavy (non-hydrogen) atoms. The first-order valence-corrected chi connectivity index (χ1v) is 4.68. The smallest absolute Gasteiger partial charge is 0.420 e. The lowest BCUT2D eigenvalue weighted by atomic mass is 10.2. The summed E-state index contributed by atoms with van der Waals surface area (Å²) < 4.78 is 43.0. The Morgan fingerprint density at radius 3 is 2.60 bits per heavy atom. The van der Waals surface area contributed by atoms with Crippen LogP contribution in [0, 0.1) is 6.92 Å². The molecular weight excluding hydrogens is 207 g/mol. The number of halogens is 3. The van der Waals surface area contributed by atoms with Gasteiger partial charge < -0.3 is 4.74 Å². The fourth-order valence-electron chi connectivity index (χ4n) is 1.28. The zero-order valence-corrected chi connectivity index (χ0v) is 8.14. The first-order chi connectivity index (χ1) is 6.98. The van der Waals surface area contributed by atoms with Gasteiger partial charge in [0.15, 0.2) is 5.75 Å². The van der Waals surface area contributed by atoms with Crippen LogP contribution in [0.15, 0.2) is 12.3 Å². The van der Waals surface area contributed by atoms with Crippen LogP contribution < -0.4 is 4.74 Å². The Hall–Kier alpha value is -1.26. The second kappa shape index (κ2) is 3.40. The zero-order valence-electron chi connectivity index (χ0n) is 8.14. The third kappa shape index (κ3) is 2.22. The van der Waals surface area contributed by atoms with Crippen molar-refractivity contribution >= 4 is 0 Å². The Balaban J connectivity index is 2.38. The van der Waals surface area contributed by atoms with Crippen molar-refractivity contribution in [3.8, 4) is 5.75 Å². The van der Waals surface area contributed by atoms with Gasteiger partial charge in [-0.25, -0.2) is 0 Å². The summed E-state index contributed by atoms with van der Waals surface area (Å²) in [6.07, 6.45) is -1.64. The lowest BCUT2D eigenvalue weighted by Gasteiger charge is -2.14. The molecule has 0 aromatic carbocycles. The molecule has 1 aliphatic carbocycles. The summed E-state index contributed by atoms with van der Waals surface area (Å²) in [4.78, 5) is 3.81. The van der Waals surface area contributed by atoms with E-state index < -0.39 is 11.7 Å². The van der Waals surface area contributed by atoms with Gasteiger partial charge in [-0.3, -0.25) is 4.98 Å². The highest BCUT2D eigenvalue weighted by molar-refractivity contribution is 5.38. The van der Waals surface area contributed by atoms with Crippen molar-refractivity contribution in [3.05, 3.63) is 23.5 Å². The highest BCUT2D eigenvalue weighted by atomic mass is 19.4. The Bertz CT molecular complexity index is 371. The van der Waals surface area contributed by atoms with Crippen LogP contribution >= 0.6 is 0 Å². The minimum Gasteiger partial charge on any atom is -0.488 e. The zero-order chi connectivity index (χ0) is 11.1. The Kier molecular flexibility index (Phi) is 2.32. The van der Waals surface area contributed by atoms with Crippen LogP contribution in [0.3, 0.4) is 0 Å². The number of nitrogens with zero attached hydrogens (tertiary/aromatic N) is 1. The second-order valence-electron chi connectivity index (χ2n) is 3.59. The number of pyridine rings is 1. The molecule has 1 heterocycles. The van der Waals surface area contributed by atoms with Crippen LogP contribution in [0.2, 0.25) is 0 Å². The Morgan fingerprint density at radius 2 is 2.07 bits per heavy atom. The molecule has 0 radical (unpaired) electrons. The quantitative estimate of drug-likeness (QED) is 0.759. The lowest BCUT2D eigenvalue weighted by molar-refractivity contribution is -0.139. The van der Waals surface area contributed by atoms with Gasteiger partial charge in [-0.2, -0.15) is 13.2 Å². The number of ether oxygens (including phenoxy) is 1. The van der Waals surface area contributed by atoms with Crippen molar-refractivity contribution in [1.82, 2.24) is 4.98 Å². The molecule has 1 fully saturated rings. The van der Waals surface area contributed by atoms with E-state index in [0.717, 1.165) is 25.1 Å². The van der Waals surface area contributed by atoms with Crippen LogP contribution in [0.25, 0.3) is 0 Å². The molecule has 82 valence electrons. The number of aromatic nitrogens is 1. The average Bonchev–Trinajstić information content (AvgIpc) is 2.90. The lowest BCUT2D eigenvalue weighted by Crippen LogP contribution is -2.11. The topological polar surface area (TPSA) is 22.1 Å². The van der Waals surface area contributed by atoms with Gasteiger partial charge in [0, 0.05) is 6.20 Å². The van der Waals surface area contributed by atoms with Gasteiger partial charge in [0.25, 0.3) is 0 Å². The molecule has 0 bridgehead atoms. The monoisotopic (exact) mass is 217 g/mol. The third-order valence-corrected chi connectivity index (χ3v) is 2.20. The van der Waals surface area contributed by atoms with Crippen molar-refractivity contribution in [2.24, 2.45) is 0 Å². The fraction of sp³-hybridized carbons (Fsp3) is 0.500. The molecule has 1 aromatic heterocycles. The molecule has 0 unspecified atom stereocenters. The van der Waals surface area contributed by atoms with E-state index in [1.807, 2.05) is 0 Å². The molecule has 1 aromatic rings. The molecular formula is C10H10F3NO. The summed E-state index contributed by atoms with van der Waals surface area (Å²) >= 11 is 0. The van der Waals surface area contributed by atoms with Crippen molar-refractivity contribution in [2.75, 3.05) is 0 Å². The van der Waals surface area contributed by atoms with Crippen molar-refractivity contribution < 1.29 is 17.9 Å². The van der Waals surface area contributed by atoms with Crippen molar-refractivity contribution in [3.63, 3.8) is 0 Å². The summed E-state index contributed by atoms with van der Waals surface area (Å²) in [5.74, 6) is -0.118. The Labute approximate surface area is 85.1 Å². The van der Waals surface area contributed by atoms with Crippen LogP contribution in [0.5, 0.6) is 5.75 Å². The molecule has 0 aliphatic heterocycles. The number of hydrogen-bond acceptors (Lipinski definition) is 2. The van der Waals surface area contributed by atoms with Gasteiger partial charge in [-0.1, -0.05) is 0 Å². The van der Waals surface area contributed by atoms with E-state index in [4.69, 9.17) is 4.74 Å². The van der Waals surface area contributed by atoms with E-state index in [-0.39, 0.29) is 17.5 Å². The van der Waals surface area contributed by atoms with E-state index >= 15 is 0 Å². The van der Waals surface area contributed by atoms with Crippen LogP contribution in [-0.2, 0) is 6.18 Å². The predicted octanol–water partition coefficient (Wildman–Crippen LogP) is 2.95. The second-order valence-corrected chi connectivity index (χ2v) is 3.59. The molecule has 5 heteroatoms. The number of rotatable bonds is 2. The number of alkyl halides is 3. The van der Waals surface area contributed by atoms with Crippen LogP contribution in [0.1, 0.15) is 24.1 Å². The summed E-state index contributed by atoms with van der Waals surface area (Å²) in [6, 6.07) is 0.949. The van der Waals surface area contributed by atoms with E-state index in [1.165, 1.54) is 6.92 Å². The number of aryl methyl sites for hydroxylation is 1. The molecule has 0 atom stereocenters.